The van der Waals surface area contributed by atoms with Gasteiger partial charge in [0, 0.05) is 44.2 Å². The van der Waals surface area contributed by atoms with Crippen LogP contribution in [0.4, 0.5) is 10.5 Å². The number of nitrogens with one attached hydrogen (secondary N) is 1. The molecule has 9 heteroatoms. The first-order valence-electron chi connectivity index (χ1n) is 8.24. The highest BCUT2D eigenvalue weighted by Gasteiger charge is 2.17. The van der Waals surface area contributed by atoms with Crippen molar-refractivity contribution >= 4 is 23.4 Å². The minimum atomic E-state index is -0.602. The minimum absolute atomic E-state index is 0.352. The molecule has 2 heterocycles. The lowest BCUT2D eigenvalue weighted by Crippen LogP contribution is -2.18. The molecule has 3 N–H and O–H groups in total. The quantitative estimate of drug-likeness (QED) is 0.675. The van der Waals surface area contributed by atoms with Crippen LogP contribution in [0.25, 0.3) is 11.3 Å². The van der Waals surface area contributed by atoms with E-state index in [1.165, 1.54) is 0 Å². The second-order valence-electron chi connectivity index (χ2n) is 5.78. The number of hydrogen-bond acceptors (Lipinski definition) is 5. The van der Waals surface area contributed by atoms with Crippen LogP contribution >= 0.6 is 11.6 Å². The minimum Gasteiger partial charge on any atom is -0.492 e. The second kappa shape index (κ2) is 8.15. The Labute approximate surface area is 161 Å². The number of carbonyl (C=O) groups excluding carboxylic acids is 1. The summed E-state index contributed by atoms with van der Waals surface area (Å²) >= 11 is 6.28. The van der Waals surface area contributed by atoms with E-state index in [0.717, 1.165) is 0 Å². The van der Waals surface area contributed by atoms with Crippen molar-refractivity contribution in [3.05, 3.63) is 47.7 Å². The van der Waals surface area contributed by atoms with E-state index in [4.69, 9.17) is 26.8 Å². The monoisotopic (exact) mass is 389 g/mol. The highest BCUT2D eigenvalue weighted by Crippen LogP contribution is 2.36. The van der Waals surface area contributed by atoms with Crippen LogP contribution in [-0.2, 0) is 14.1 Å². The number of amides is 1. The molecule has 0 bridgehead atoms. The summed E-state index contributed by atoms with van der Waals surface area (Å²) in [4.78, 5) is 12.2. The largest absolute Gasteiger partial charge is 0.492 e. The van der Waals surface area contributed by atoms with Gasteiger partial charge in [0.2, 0.25) is 5.88 Å². The molecule has 3 rings (SSSR count). The summed E-state index contributed by atoms with van der Waals surface area (Å²) in [6.45, 7) is 0.729. The maximum absolute atomic E-state index is 12.2. The summed E-state index contributed by atoms with van der Waals surface area (Å²) < 4.78 is 14.3. The highest BCUT2D eigenvalue weighted by atomic mass is 35.5. The van der Waals surface area contributed by atoms with Crippen molar-refractivity contribution in [3.8, 4) is 22.9 Å². The van der Waals surface area contributed by atoms with Crippen LogP contribution in [0.5, 0.6) is 11.6 Å². The predicted molar refractivity (Wildman–Crippen MR) is 103 cm³/mol. The summed E-state index contributed by atoms with van der Waals surface area (Å²) in [5, 5.41) is 7.33. The topological polar surface area (TPSA) is 96.3 Å². The third kappa shape index (κ3) is 4.24. The van der Waals surface area contributed by atoms with Crippen molar-refractivity contribution < 1.29 is 14.3 Å². The third-order valence-corrected chi connectivity index (χ3v) is 4.12. The first-order chi connectivity index (χ1) is 13.0. The van der Waals surface area contributed by atoms with E-state index < -0.39 is 6.09 Å². The van der Waals surface area contributed by atoms with Crippen LogP contribution in [0.1, 0.15) is 0 Å². The molecule has 8 nitrogen and oxygen atoms in total. The summed E-state index contributed by atoms with van der Waals surface area (Å²) in [6.07, 6.45) is 2.73. The van der Waals surface area contributed by atoms with E-state index in [2.05, 4.69) is 10.4 Å². The maximum atomic E-state index is 12.2. The molecule has 0 radical (unpaired) electrons. The Balaban J connectivity index is 1.87. The molecule has 0 saturated carbocycles. The Morgan fingerprint density at radius 3 is 2.78 bits per heavy atom. The maximum Gasteiger partial charge on any atom is 0.418 e. The van der Waals surface area contributed by atoms with Gasteiger partial charge in [-0.15, -0.1) is 0 Å². The average molecular weight is 390 g/mol. The zero-order chi connectivity index (χ0) is 19.4. The standard InChI is InChI=1S/C18H20ClN5O3/c1-23-8-3-4-16(23)27-18(25)22-12-5-6-15(26-9-7-20)13(10-12)17-14(19)11-21-24(17)2/h3-6,8,10-11H,7,9,20H2,1-2H3,(H,22,25). The lowest BCUT2D eigenvalue weighted by molar-refractivity contribution is 0.212. The van der Waals surface area contributed by atoms with Gasteiger partial charge in [0.25, 0.3) is 0 Å². The van der Waals surface area contributed by atoms with Gasteiger partial charge in [-0.3, -0.25) is 10.00 Å². The molecule has 0 atom stereocenters. The first kappa shape index (κ1) is 18.8. The Morgan fingerprint density at radius 2 is 2.15 bits per heavy atom. The van der Waals surface area contributed by atoms with Crippen LogP contribution in [0, 0.1) is 0 Å². The van der Waals surface area contributed by atoms with Gasteiger partial charge in [0.05, 0.1) is 16.9 Å². The number of nitrogens with two attached hydrogens (primary N) is 1. The van der Waals surface area contributed by atoms with Crippen molar-refractivity contribution in [2.45, 2.75) is 0 Å². The molecule has 3 aromatic rings. The molecule has 27 heavy (non-hydrogen) atoms. The van der Waals surface area contributed by atoms with Crippen molar-refractivity contribution in [1.82, 2.24) is 14.3 Å². The number of anilines is 1. The van der Waals surface area contributed by atoms with Crippen LogP contribution in [0.15, 0.2) is 42.7 Å². The highest BCUT2D eigenvalue weighted by molar-refractivity contribution is 6.33. The molecule has 0 spiro atoms. The summed E-state index contributed by atoms with van der Waals surface area (Å²) in [5.74, 6) is 1.03. The summed E-state index contributed by atoms with van der Waals surface area (Å²) in [6, 6.07) is 8.69. The molecule has 0 saturated heterocycles. The molecule has 0 aliphatic rings. The molecule has 0 aliphatic carbocycles. The predicted octanol–water partition coefficient (Wildman–Crippen LogP) is 3.03. The molecular formula is C18H20ClN5O3. The van der Waals surface area contributed by atoms with Crippen LogP contribution in [0.3, 0.4) is 0 Å². The van der Waals surface area contributed by atoms with Crippen LogP contribution < -0.4 is 20.5 Å². The van der Waals surface area contributed by atoms with Gasteiger partial charge in [-0.25, -0.2) is 4.79 Å². The van der Waals surface area contributed by atoms with E-state index >= 15 is 0 Å². The smallest absolute Gasteiger partial charge is 0.418 e. The van der Waals surface area contributed by atoms with Gasteiger partial charge < -0.3 is 19.8 Å². The fourth-order valence-corrected chi connectivity index (χ4v) is 2.86. The Morgan fingerprint density at radius 1 is 1.33 bits per heavy atom. The number of rotatable bonds is 6. The van der Waals surface area contributed by atoms with Gasteiger partial charge in [-0.1, -0.05) is 11.6 Å². The zero-order valence-electron chi connectivity index (χ0n) is 15.0. The number of aryl methyl sites for hydroxylation is 2. The molecule has 1 amide bonds. The number of ether oxygens (including phenoxy) is 2. The van der Waals surface area contributed by atoms with Crippen molar-refractivity contribution in [2.24, 2.45) is 19.8 Å². The van der Waals surface area contributed by atoms with Gasteiger partial charge in [0.1, 0.15) is 12.4 Å². The number of nitrogens with zero attached hydrogens (tertiary/aromatic N) is 3. The number of hydrogen-bond donors (Lipinski definition) is 2. The van der Waals surface area contributed by atoms with Gasteiger partial charge >= 0.3 is 6.09 Å². The van der Waals surface area contributed by atoms with Gasteiger partial charge in [-0.2, -0.15) is 5.10 Å². The molecule has 0 aliphatic heterocycles. The normalized spacial score (nSPS) is 10.7. The number of aromatic nitrogens is 3. The molecule has 1 aromatic carbocycles. The second-order valence-corrected chi connectivity index (χ2v) is 6.19. The fraction of sp³-hybridized carbons (Fsp3) is 0.222. The Bertz CT molecular complexity index is 931. The Hall–Kier alpha value is -2.97. The Kier molecular flexibility index (Phi) is 5.68. The molecular weight excluding hydrogens is 370 g/mol. The number of benzene rings is 1. The SMILES string of the molecule is Cn1cccc1OC(=O)Nc1ccc(OCCN)c(-c2c(Cl)cnn2C)c1. The van der Waals surface area contributed by atoms with E-state index in [1.54, 1.807) is 66.1 Å². The zero-order valence-corrected chi connectivity index (χ0v) is 15.7. The third-order valence-electron chi connectivity index (χ3n) is 3.84. The average Bonchev–Trinajstić information content (AvgIpc) is 3.19. The lowest BCUT2D eigenvalue weighted by Gasteiger charge is -2.14. The van der Waals surface area contributed by atoms with E-state index in [0.29, 0.717) is 46.7 Å². The summed E-state index contributed by atoms with van der Waals surface area (Å²) in [5.41, 5.74) is 7.42. The van der Waals surface area contributed by atoms with Gasteiger partial charge in [-0.05, 0) is 24.3 Å². The molecule has 0 unspecified atom stereocenters. The molecule has 2 aromatic heterocycles. The molecule has 0 fully saturated rings. The lowest BCUT2D eigenvalue weighted by atomic mass is 10.1. The summed E-state index contributed by atoms with van der Waals surface area (Å²) in [7, 11) is 3.56. The number of halogens is 1. The fourth-order valence-electron chi connectivity index (χ4n) is 2.59. The van der Waals surface area contributed by atoms with Crippen LogP contribution in [0.2, 0.25) is 5.02 Å². The van der Waals surface area contributed by atoms with Crippen molar-refractivity contribution in [3.63, 3.8) is 0 Å². The molecule has 142 valence electrons. The van der Waals surface area contributed by atoms with Crippen molar-refractivity contribution in [1.29, 1.82) is 0 Å². The van der Waals surface area contributed by atoms with Crippen molar-refractivity contribution in [2.75, 3.05) is 18.5 Å². The number of carbonyl (C=O) groups is 1. The van der Waals surface area contributed by atoms with E-state index in [1.807, 2.05) is 0 Å². The van der Waals surface area contributed by atoms with E-state index in [-0.39, 0.29) is 0 Å². The van der Waals surface area contributed by atoms with E-state index in [9.17, 15) is 4.79 Å². The van der Waals surface area contributed by atoms with Gasteiger partial charge in [0.15, 0.2) is 0 Å². The first-order valence-corrected chi connectivity index (χ1v) is 8.62. The van der Waals surface area contributed by atoms with Crippen LogP contribution in [-0.4, -0.2) is 33.6 Å².